The van der Waals surface area contributed by atoms with Crippen LogP contribution in [0.25, 0.3) is 0 Å². The number of aromatic amines is 1. The van der Waals surface area contributed by atoms with Gasteiger partial charge in [0.25, 0.3) is 0 Å². The molecule has 80 valence electrons. The Bertz CT molecular complexity index is 411. The average molecular weight is 244 g/mol. The lowest BCUT2D eigenvalue weighted by Crippen LogP contribution is -2.28. The molecule has 0 saturated carbocycles. The lowest BCUT2D eigenvalue weighted by Gasteiger charge is -2.13. The summed E-state index contributed by atoms with van der Waals surface area (Å²) in [6, 6.07) is 1.60. The van der Waals surface area contributed by atoms with E-state index in [0.29, 0.717) is 10.8 Å². The molecule has 0 fully saturated rings. The quantitative estimate of drug-likeness (QED) is 0.482. The summed E-state index contributed by atoms with van der Waals surface area (Å²) < 4.78 is 0. The summed E-state index contributed by atoms with van der Waals surface area (Å²) in [5.74, 6) is 5.98. The number of nitrogen functional groups attached to an aromatic ring is 1. The molecule has 0 radical (unpaired) electrons. The van der Waals surface area contributed by atoms with Gasteiger partial charge in [-0.15, -0.1) is 11.3 Å². The standard InChI is InChI=1S/C8H10ClN5S/c9-5-1-2-15-7(5)6(13-11)4-3-12-14-8(4)10/h1-3,6,13H,11H2,(H3,10,12,14). The Hall–Kier alpha value is -1.08. The summed E-state index contributed by atoms with van der Waals surface area (Å²) in [5, 5.41) is 9.08. The van der Waals surface area contributed by atoms with Crippen LogP contribution in [0, 0.1) is 0 Å². The van der Waals surface area contributed by atoms with Gasteiger partial charge in [-0.2, -0.15) is 5.10 Å². The number of nitrogens with one attached hydrogen (secondary N) is 2. The first kappa shape index (κ1) is 10.4. The second kappa shape index (κ2) is 4.19. The average Bonchev–Trinajstić information content (AvgIpc) is 2.80. The largest absolute Gasteiger partial charge is 0.384 e. The highest BCUT2D eigenvalue weighted by Gasteiger charge is 2.20. The van der Waals surface area contributed by atoms with Crippen molar-refractivity contribution in [3.8, 4) is 0 Å². The van der Waals surface area contributed by atoms with Crippen LogP contribution < -0.4 is 17.0 Å². The molecule has 0 aliphatic carbocycles. The summed E-state index contributed by atoms with van der Waals surface area (Å²) in [4.78, 5) is 0.923. The molecule has 0 aromatic carbocycles. The Morgan fingerprint density at radius 1 is 1.60 bits per heavy atom. The van der Waals surface area contributed by atoms with Crippen LogP contribution in [-0.4, -0.2) is 10.2 Å². The Morgan fingerprint density at radius 2 is 2.40 bits per heavy atom. The van der Waals surface area contributed by atoms with Crippen molar-refractivity contribution >= 4 is 28.8 Å². The van der Waals surface area contributed by atoms with E-state index in [9.17, 15) is 0 Å². The van der Waals surface area contributed by atoms with Crippen LogP contribution in [0.4, 0.5) is 5.82 Å². The maximum atomic E-state index is 6.03. The van der Waals surface area contributed by atoms with Crippen molar-refractivity contribution in [1.82, 2.24) is 15.6 Å². The van der Waals surface area contributed by atoms with Gasteiger partial charge in [0.1, 0.15) is 5.82 Å². The minimum absolute atomic E-state index is 0.226. The van der Waals surface area contributed by atoms with E-state index < -0.39 is 0 Å². The molecule has 7 heteroatoms. The lowest BCUT2D eigenvalue weighted by atomic mass is 10.1. The second-order valence-corrected chi connectivity index (χ2v) is 4.33. The highest BCUT2D eigenvalue weighted by Crippen LogP contribution is 2.33. The molecular weight excluding hydrogens is 234 g/mol. The number of thiophene rings is 1. The van der Waals surface area contributed by atoms with Crippen molar-refractivity contribution in [2.45, 2.75) is 6.04 Å². The summed E-state index contributed by atoms with van der Waals surface area (Å²) in [6.45, 7) is 0. The summed E-state index contributed by atoms with van der Waals surface area (Å²) in [7, 11) is 0. The van der Waals surface area contributed by atoms with Gasteiger partial charge in [0.05, 0.1) is 17.3 Å². The fourth-order valence-corrected chi connectivity index (χ4v) is 2.60. The first-order valence-electron chi connectivity index (χ1n) is 4.21. The normalized spacial score (nSPS) is 12.9. The van der Waals surface area contributed by atoms with Crippen molar-refractivity contribution in [2.24, 2.45) is 5.84 Å². The van der Waals surface area contributed by atoms with Crippen molar-refractivity contribution in [2.75, 3.05) is 5.73 Å². The van der Waals surface area contributed by atoms with Crippen LogP contribution in [-0.2, 0) is 0 Å². The smallest absolute Gasteiger partial charge is 0.124 e. The summed E-state index contributed by atoms with van der Waals surface area (Å²) >= 11 is 7.54. The van der Waals surface area contributed by atoms with Crippen molar-refractivity contribution in [3.05, 3.63) is 33.1 Å². The van der Waals surface area contributed by atoms with Crippen LogP contribution in [0.15, 0.2) is 17.6 Å². The van der Waals surface area contributed by atoms with Crippen molar-refractivity contribution in [1.29, 1.82) is 0 Å². The monoisotopic (exact) mass is 243 g/mol. The fourth-order valence-electron chi connectivity index (χ4n) is 1.35. The number of H-pyrrole nitrogens is 1. The van der Waals surface area contributed by atoms with Gasteiger partial charge in [-0.1, -0.05) is 11.6 Å². The Kier molecular flexibility index (Phi) is 2.92. The molecule has 0 aliphatic heterocycles. The van der Waals surface area contributed by atoms with E-state index in [1.54, 1.807) is 6.20 Å². The van der Waals surface area contributed by atoms with E-state index in [0.717, 1.165) is 10.4 Å². The van der Waals surface area contributed by atoms with E-state index in [4.69, 9.17) is 23.2 Å². The van der Waals surface area contributed by atoms with Gasteiger partial charge in [0.15, 0.2) is 0 Å². The molecule has 2 aromatic heterocycles. The van der Waals surface area contributed by atoms with Gasteiger partial charge in [0, 0.05) is 10.4 Å². The maximum Gasteiger partial charge on any atom is 0.124 e. The number of rotatable bonds is 3. The molecular formula is C8H10ClN5S. The molecule has 0 bridgehead atoms. The third-order valence-electron chi connectivity index (χ3n) is 2.08. The highest BCUT2D eigenvalue weighted by atomic mass is 35.5. The van der Waals surface area contributed by atoms with E-state index >= 15 is 0 Å². The first-order chi connectivity index (χ1) is 7.24. The molecule has 1 unspecified atom stereocenters. The number of hydrazine groups is 1. The predicted molar refractivity (Wildman–Crippen MR) is 61.5 cm³/mol. The number of anilines is 1. The number of hydrogen-bond donors (Lipinski definition) is 4. The number of halogens is 1. The minimum Gasteiger partial charge on any atom is -0.384 e. The predicted octanol–water partition coefficient (Wildman–Crippen LogP) is 1.26. The van der Waals surface area contributed by atoms with Gasteiger partial charge in [-0.3, -0.25) is 10.9 Å². The van der Waals surface area contributed by atoms with Gasteiger partial charge in [0.2, 0.25) is 0 Å². The first-order valence-corrected chi connectivity index (χ1v) is 5.47. The fraction of sp³-hybridized carbons (Fsp3) is 0.125. The third kappa shape index (κ3) is 1.84. The summed E-state index contributed by atoms with van der Waals surface area (Å²) in [6.07, 6.45) is 1.63. The van der Waals surface area contributed by atoms with E-state index in [1.165, 1.54) is 11.3 Å². The molecule has 0 saturated heterocycles. The number of hydrogen-bond acceptors (Lipinski definition) is 5. The molecule has 5 nitrogen and oxygen atoms in total. The van der Waals surface area contributed by atoms with E-state index in [2.05, 4.69) is 15.6 Å². The van der Waals surface area contributed by atoms with Crippen LogP contribution in [0.3, 0.4) is 0 Å². The highest BCUT2D eigenvalue weighted by molar-refractivity contribution is 7.10. The van der Waals surface area contributed by atoms with Gasteiger partial charge >= 0.3 is 0 Å². The van der Waals surface area contributed by atoms with Gasteiger partial charge in [-0.25, -0.2) is 5.43 Å². The van der Waals surface area contributed by atoms with Gasteiger partial charge < -0.3 is 5.73 Å². The zero-order valence-electron chi connectivity index (χ0n) is 7.70. The molecule has 6 N–H and O–H groups in total. The van der Waals surface area contributed by atoms with Crippen LogP contribution in [0.2, 0.25) is 5.02 Å². The van der Waals surface area contributed by atoms with E-state index in [-0.39, 0.29) is 6.04 Å². The van der Waals surface area contributed by atoms with Gasteiger partial charge in [-0.05, 0) is 11.4 Å². The van der Waals surface area contributed by atoms with E-state index in [1.807, 2.05) is 11.4 Å². The third-order valence-corrected chi connectivity index (χ3v) is 3.51. The lowest BCUT2D eigenvalue weighted by molar-refractivity contribution is 0.648. The molecule has 2 rings (SSSR count). The number of nitrogens with zero attached hydrogens (tertiary/aromatic N) is 1. The topological polar surface area (TPSA) is 92.7 Å². The Balaban J connectivity index is 2.41. The molecule has 0 amide bonds. The summed E-state index contributed by atoms with van der Waals surface area (Å²) in [5.41, 5.74) is 9.19. The van der Waals surface area contributed by atoms with Crippen LogP contribution in [0.1, 0.15) is 16.5 Å². The molecule has 0 spiro atoms. The van der Waals surface area contributed by atoms with Crippen molar-refractivity contribution in [3.63, 3.8) is 0 Å². The Labute approximate surface area is 95.4 Å². The molecule has 2 aromatic rings. The molecule has 2 heterocycles. The molecule has 1 atom stereocenters. The molecule has 0 aliphatic rings. The minimum atomic E-state index is -0.226. The number of nitrogens with two attached hydrogens (primary N) is 2. The zero-order valence-corrected chi connectivity index (χ0v) is 9.27. The van der Waals surface area contributed by atoms with Crippen LogP contribution >= 0.6 is 22.9 Å². The zero-order chi connectivity index (χ0) is 10.8. The second-order valence-electron chi connectivity index (χ2n) is 2.97. The Morgan fingerprint density at radius 3 is 2.87 bits per heavy atom. The molecule has 15 heavy (non-hydrogen) atoms. The number of aromatic nitrogens is 2. The van der Waals surface area contributed by atoms with Crippen molar-refractivity contribution < 1.29 is 0 Å². The maximum absolute atomic E-state index is 6.03. The SMILES string of the molecule is NNC(c1cn[nH]c1N)c1sccc1Cl. The van der Waals surface area contributed by atoms with Crippen LogP contribution in [0.5, 0.6) is 0 Å².